The van der Waals surface area contributed by atoms with E-state index in [9.17, 15) is 0 Å². The second kappa shape index (κ2) is 11.4. The lowest BCUT2D eigenvalue weighted by Crippen LogP contribution is -2.41. The number of fused-ring (bicyclic) bond motifs is 2. The van der Waals surface area contributed by atoms with Gasteiger partial charge in [0, 0.05) is 22.8 Å². The molecule has 0 saturated heterocycles. The van der Waals surface area contributed by atoms with Crippen LogP contribution in [0.1, 0.15) is 0 Å². The first-order valence-electron chi connectivity index (χ1n) is 10.1. The van der Waals surface area contributed by atoms with E-state index in [1.165, 1.54) is 0 Å². The molecule has 10 heteroatoms. The number of aliphatic imine (C=N–C) groups is 2. The summed E-state index contributed by atoms with van der Waals surface area (Å²) in [4.78, 5) is 7.95. The average molecular weight is 437 g/mol. The van der Waals surface area contributed by atoms with Gasteiger partial charge < -0.3 is 32.5 Å². The Morgan fingerprint density at radius 1 is 0.688 bits per heavy atom. The Balaban J connectivity index is 2.06. The number of aliphatic hydroxyl groups is 2. The van der Waals surface area contributed by atoms with Crippen LogP contribution in [0.2, 0.25) is 0 Å². The lowest BCUT2D eigenvalue weighted by Gasteiger charge is -2.10. The van der Waals surface area contributed by atoms with E-state index >= 15 is 0 Å². The molecule has 0 amide bonds. The molecule has 0 fully saturated rings. The van der Waals surface area contributed by atoms with Gasteiger partial charge in [-0.2, -0.15) is 0 Å². The van der Waals surface area contributed by atoms with Gasteiger partial charge in [-0.25, -0.2) is 9.98 Å². The highest BCUT2D eigenvalue weighted by atomic mass is 16.3. The van der Waals surface area contributed by atoms with Crippen LogP contribution >= 0.6 is 0 Å². The Bertz CT molecular complexity index is 1080. The van der Waals surface area contributed by atoms with Crippen LogP contribution < -0.4 is 43.6 Å². The molecule has 0 aliphatic heterocycles. The fourth-order valence-corrected chi connectivity index (χ4v) is 3.29. The molecule has 0 spiro atoms. The third kappa shape index (κ3) is 5.56. The SMILES string of the molecule is NC(=NCCO)NNC=c1c2ccccc2c(=CNNC(N)=NCCO)c2ccccc12. The van der Waals surface area contributed by atoms with Crippen LogP contribution in [0.3, 0.4) is 0 Å². The number of hydrogen-bond acceptors (Lipinski definition) is 6. The molecule has 0 atom stereocenters. The maximum absolute atomic E-state index is 8.86. The number of aliphatic hydroxyl groups excluding tert-OH is 2. The van der Waals surface area contributed by atoms with Crippen molar-refractivity contribution in [3.63, 3.8) is 0 Å². The van der Waals surface area contributed by atoms with Crippen LogP contribution in [0.4, 0.5) is 0 Å². The second-order valence-corrected chi connectivity index (χ2v) is 6.73. The van der Waals surface area contributed by atoms with E-state index in [0.717, 1.165) is 32.0 Å². The van der Waals surface area contributed by atoms with E-state index in [0.29, 0.717) is 0 Å². The van der Waals surface area contributed by atoms with Crippen molar-refractivity contribution in [1.29, 1.82) is 0 Å². The predicted octanol–water partition coefficient (Wildman–Crippen LogP) is -1.73. The summed E-state index contributed by atoms with van der Waals surface area (Å²) in [7, 11) is 0. The number of nitrogens with zero attached hydrogens (tertiary/aromatic N) is 2. The van der Waals surface area contributed by atoms with Gasteiger partial charge in [-0.15, -0.1) is 0 Å². The fourth-order valence-electron chi connectivity index (χ4n) is 3.29. The monoisotopic (exact) mass is 436 g/mol. The van der Waals surface area contributed by atoms with Crippen molar-refractivity contribution in [3.8, 4) is 0 Å². The summed E-state index contributed by atoms with van der Waals surface area (Å²) in [5, 5.41) is 23.8. The Hall–Kier alpha value is -4.02. The van der Waals surface area contributed by atoms with Crippen molar-refractivity contribution in [2.24, 2.45) is 21.5 Å². The van der Waals surface area contributed by atoms with Crippen molar-refractivity contribution in [3.05, 3.63) is 59.0 Å². The minimum atomic E-state index is -0.0683. The zero-order valence-electron chi connectivity index (χ0n) is 17.5. The highest BCUT2D eigenvalue weighted by molar-refractivity contribution is 6.00. The third-order valence-electron chi connectivity index (χ3n) is 4.61. The van der Waals surface area contributed by atoms with Crippen molar-refractivity contribution < 1.29 is 10.2 Å². The second-order valence-electron chi connectivity index (χ2n) is 6.73. The highest BCUT2D eigenvalue weighted by Crippen LogP contribution is 2.13. The van der Waals surface area contributed by atoms with E-state index in [1.807, 2.05) is 60.9 Å². The summed E-state index contributed by atoms with van der Waals surface area (Å²) < 4.78 is 0. The summed E-state index contributed by atoms with van der Waals surface area (Å²) >= 11 is 0. The standard InChI is InChI=1S/C22H28N8O2/c23-21(25-9-11-31)29-27-13-19-15-5-1-2-6-16(15)20(18-8-4-3-7-17(18)19)14-28-30-22(24)26-10-12-32/h1-8,13-14,27-28,31-32H,9-12H2,(H3,23,25,29)(H3,24,26,30). The first-order chi connectivity index (χ1) is 15.7. The third-order valence-corrected chi connectivity index (χ3v) is 4.61. The van der Waals surface area contributed by atoms with Crippen LogP contribution in [0.15, 0.2) is 58.5 Å². The normalized spacial score (nSPS) is 11.9. The number of nitrogens with one attached hydrogen (secondary N) is 4. The molecule has 0 aromatic heterocycles. The molecule has 0 unspecified atom stereocenters. The van der Waals surface area contributed by atoms with Crippen LogP contribution in [0, 0.1) is 0 Å². The van der Waals surface area contributed by atoms with E-state index < -0.39 is 0 Å². The molecule has 10 nitrogen and oxygen atoms in total. The summed E-state index contributed by atoms with van der Waals surface area (Å²) in [5.74, 6) is 0.370. The summed E-state index contributed by atoms with van der Waals surface area (Å²) in [6.45, 7) is 0.322. The number of hydrazine groups is 2. The van der Waals surface area contributed by atoms with Gasteiger partial charge in [-0.1, -0.05) is 48.5 Å². The maximum atomic E-state index is 8.86. The first kappa shape index (κ1) is 22.7. The smallest absolute Gasteiger partial charge is 0.207 e. The average Bonchev–Trinajstić information content (AvgIpc) is 2.82. The molecule has 0 heterocycles. The molecule has 0 aliphatic carbocycles. The van der Waals surface area contributed by atoms with Crippen LogP contribution in [0.5, 0.6) is 0 Å². The van der Waals surface area contributed by atoms with Crippen molar-refractivity contribution in [2.45, 2.75) is 0 Å². The van der Waals surface area contributed by atoms with Crippen LogP contribution in [0.25, 0.3) is 33.9 Å². The molecule has 0 aliphatic rings. The molecule has 32 heavy (non-hydrogen) atoms. The molecular formula is C22H28N8O2. The molecular weight excluding hydrogens is 408 g/mol. The molecule has 0 radical (unpaired) electrons. The van der Waals surface area contributed by atoms with E-state index in [-0.39, 0.29) is 38.2 Å². The number of benzene rings is 3. The largest absolute Gasteiger partial charge is 0.394 e. The summed E-state index contributed by atoms with van der Waals surface area (Å²) in [5.41, 5.74) is 23.1. The molecule has 3 aromatic carbocycles. The minimum Gasteiger partial charge on any atom is -0.394 e. The number of nitrogens with two attached hydrogens (primary N) is 2. The predicted molar refractivity (Wildman–Crippen MR) is 129 cm³/mol. The zero-order chi connectivity index (χ0) is 22.8. The molecule has 168 valence electrons. The molecule has 3 aromatic rings. The van der Waals surface area contributed by atoms with Gasteiger partial charge in [-0.3, -0.25) is 10.9 Å². The zero-order valence-corrected chi connectivity index (χ0v) is 17.5. The van der Waals surface area contributed by atoms with E-state index in [4.69, 9.17) is 21.7 Å². The Kier molecular flexibility index (Phi) is 8.07. The highest BCUT2D eigenvalue weighted by Gasteiger charge is 2.05. The summed E-state index contributed by atoms with van der Waals surface area (Å²) in [6, 6.07) is 16.1. The lowest BCUT2D eigenvalue weighted by atomic mass is 9.98. The number of guanidine groups is 2. The van der Waals surface area contributed by atoms with Crippen molar-refractivity contribution in [1.82, 2.24) is 21.7 Å². The Morgan fingerprint density at radius 3 is 1.34 bits per heavy atom. The van der Waals surface area contributed by atoms with Crippen molar-refractivity contribution in [2.75, 3.05) is 26.3 Å². The minimum absolute atomic E-state index is 0.0683. The van der Waals surface area contributed by atoms with Crippen LogP contribution in [-0.2, 0) is 0 Å². The van der Waals surface area contributed by atoms with Gasteiger partial charge in [-0.05, 0) is 21.5 Å². The van der Waals surface area contributed by atoms with Gasteiger partial charge in [0.15, 0.2) is 0 Å². The topological polar surface area (TPSA) is 165 Å². The molecule has 3 rings (SSSR count). The molecule has 0 saturated carbocycles. The van der Waals surface area contributed by atoms with Crippen LogP contribution in [-0.4, -0.2) is 48.4 Å². The Labute approximate surface area is 185 Å². The number of rotatable bonds is 8. The van der Waals surface area contributed by atoms with E-state index in [2.05, 4.69) is 31.7 Å². The first-order valence-corrected chi connectivity index (χ1v) is 10.1. The quantitative estimate of drug-likeness (QED) is 0.0893. The summed E-state index contributed by atoms with van der Waals surface area (Å²) in [6.07, 6.45) is 3.67. The molecule has 0 bridgehead atoms. The van der Waals surface area contributed by atoms with E-state index in [1.54, 1.807) is 0 Å². The van der Waals surface area contributed by atoms with Gasteiger partial charge in [0.25, 0.3) is 0 Å². The van der Waals surface area contributed by atoms with Gasteiger partial charge in [0.1, 0.15) is 0 Å². The van der Waals surface area contributed by atoms with Gasteiger partial charge >= 0.3 is 0 Å². The number of hydrogen-bond donors (Lipinski definition) is 8. The maximum Gasteiger partial charge on any atom is 0.207 e. The van der Waals surface area contributed by atoms with Crippen molar-refractivity contribution >= 4 is 45.9 Å². The van der Waals surface area contributed by atoms with Gasteiger partial charge in [0.2, 0.25) is 11.9 Å². The Morgan fingerprint density at radius 2 is 1.03 bits per heavy atom. The fraction of sp³-hybridized carbons (Fsp3) is 0.182. The van der Waals surface area contributed by atoms with Gasteiger partial charge in [0.05, 0.1) is 26.3 Å². The lowest BCUT2D eigenvalue weighted by molar-refractivity contribution is 0.306. The molecule has 10 N–H and O–H groups in total.